The summed E-state index contributed by atoms with van der Waals surface area (Å²) in [7, 11) is 0. The Balaban J connectivity index is 1.61. The second-order valence-electron chi connectivity index (χ2n) is 6.60. The molecule has 2 aromatic carbocycles. The van der Waals surface area contributed by atoms with Gasteiger partial charge in [0.05, 0.1) is 40.7 Å². The van der Waals surface area contributed by atoms with Gasteiger partial charge < -0.3 is 4.57 Å². The molecule has 0 radical (unpaired) electrons. The highest BCUT2D eigenvalue weighted by molar-refractivity contribution is 7.18. The lowest BCUT2D eigenvalue weighted by atomic mass is 10.1. The molecule has 0 saturated heterocycles. The third kappa shape index (κ3) is 3.01. The average Bonchev–Trinajstić information content (AvgIpc) is 3.46. The molecule has 6 heteroatoms. The van der Waals surface area contributed by atoms with Gasteiger partial charge in [0.2, 0.25) is 0 Å². The van der Waals surface area contributed by atoms with Gasteiger partial charge in [-0.2, -0.15) is 5.10 Å². The Morgan fingerprint density at radius 1 is 0.964 bits per heavy atom. The molecule has 28 heavy (non-hydrogen) atoms. The first kappa shape index (κ1) is 16.9. The second kappa shape index (κ2) is 7.05. The molecule has 5 rings (SSSR count). The van der Waals surface area contributed by atoms with E-state index in [1.54, 1.807) is 11.3 Å². The summed E-state index contributed by atoms with van der Waals surface area (Å²) in [5, 5.41) is 5.54. The van der Waals surface area contributed by atoms with Crippen LogP contribution in [0.25, 0.3) is 32.7 Å². The fraction of sp³-hybridized carbons (Fsp3) is 0.136. The number of nitrogens with zero attached hydrogens (tertiary/aromatic N) is 5. The molecule has 0 bridgehead atoms. The molecule has 138 valence electrons. The summed E-state index contributed by atoms with van der Waals surface area (Å²) in [6.45, 7) is 3.62. The third-order valence-corrected chi connectivity index (χ3v) is 5.78. The number of fused-ring (bicyclic) bond motifs is 1. The van der Waals surface area contributed by atoms with Crippen LogP contribution in [0.1, 0.15) is 11.9 Å². The van der Waals surface area contributed by atoms with E-state index in [1.807, 2.05) is 41.5 Å². The molecule has 0 spiro atoms. The van der Waals surface area contributed by atoms with Crippen molar-refractivity contribution in [3.63, 3.8) is 0 Å². The molecule has 0 unspecified atom stereocenters. The molecule has 0 aliphatic carbocycles. The van der Waals surface area contributed by atoms with Crippen molar-refractivity contribution in [3.05, 3.63) is 78.3 Å². The minimum Gasteiger partial charge on any atom is -0.323 e. The molecule has 0 aliphatic heterocycles. The van der Waals surface area contributed by atoms with Gasteiger partial charge in [0, 0.05) is 23.9 Å². The maximum absolute atomic E-state index is 4.80. The lowest BCUT2D eigenvalue weighted by Crippen LogP contribution is -2.00. The van der Waals surface area contributed by atoms with Gasteiger partial charge in [0.25, 0.3) is 0 Å². The lowest BCUT2D eigenvalue weighted by molar-refractivity contribution is 0.660. The Morgan fingerprint density at radius 2 is 1.79 bits per heavy atom. The Labute approximate surface area is 166 Å². The SMILES string of the molecule is CCn1cc(-c2c(-c3ccccc3)ncn2Cc2nc3ccccc3s2)cn1. The molecule has 0 aliphatic rings. The van der Waals surface area contributed by atoms with Gasteiger partial charge in [0.1, 0.15) is 5.01 Å². The minimum atomic E-state index is 0.686. The summed E-state index contributed by atoms with van der Waals surface area (Å²) < 4.78 is 5.33. The predicted octanol–water partition coefficient (Wildman–Crippen LogP) is 5.09. The van der Waals surface area contributed by atoms with Crippen LogP contribution in [0, 0.1) is 0 Å². The molecule has 0 fully saturated rings. The van der Waals surface area contributed by atoms with Gasteiger partial charge in [-0.15, -0.1) is 11.3 Å². The van der Waals surface area contributed by atoms with Gasteiger partial charge in [-0.3, -0.25) is 4.68 Å². The quantitative estimate of drug-likeness (QED) is 0.423. The van der Waals surface area contributed by atoms with Crippen LogP contribution < -0.4 is 0 Å². The predicted molar refractivity (Wildman–Crippen MR) is 113 cm³/mol. The number of para-hydroxylation sites is 1. The molecule has 0 N–H and O–H groups in total. The van der Waals surface area contributed by atoms with Crippen LogP contribution in [0.4, 0.5) is 0 Å². The van der Waals surface area contributed by atoms with Crippen LogP contribution in [-0.4, -0.2) is 24.3 Å². The Bertz CT molecular complexity index is 1200. The first-order valence-corrected chi connectivity index (χ1v) is 10.1. The van der Waals surface area contributed by atoms with Crippen LogP contribution in [0.3, 0.4) is 0 Å². The third-order valence-electron chi connectivity index (χ3n) is 4.76. The largest absolute Gasteiger partial charge is 0.323 e. The van der Waals surface area contributed by atoms with E-state index in [4.69, 9.17) is 9.97 Å². The monoisotopic (exact) mass is 385 g/mol. The zero-order chi connectivity index (χ0) is 18.9. The second-order valence-corrected chi connectivity index (χ2v) is 7.71. The fourth-order valence-corrected chi connectivity index (χ4v) is 4.37. The number of hydrogen-bond acceptors (Lipinski definition) is 4. The van der Waals surface area contributed by atoms with E-state index in [1.165, 1.54) is 4.70 Å². The summed E-state index contributed by atoms with van der Waals surface area (Å²) in [6.07, 6.45) is 5.91. The van der Waals surface area contributed by atoms with Crippen LogP contribution in [0.15, 0.2) is 73.3 Å². The molecule has 0 amide bonds. The summed E-state index contributed by atoms with van der Waals surface area (Å²) in [5.41, 5.74) is 5.26. The van der Waals surface area contributed by atoms with E-state index in [2.05, 4.69) is 53.1 Å². The number of aryl methyl sites for hydroxylation is 1. The number of imidazole rings is 1. The van der Waals surface area contributed by atoms with Crippen LogP contribution in [0.5, 0.6) is 0 Å². The fourth-order valence-electron chi connectivity index (χ4n) is 3.40. The Kier molecular flexibility index (Phi) is 4.25. The number of rotatable bonds is 5. The van der Waals surface area contributed by atoms with E-state index < -0.39 is 0 Å². The lowest BCUT2D eigenvalue weighted by Gasteiger charge is -2.07. The average molecular weight is 385 g/mol. The standard InChI is InChI=1S/C22H19N5S/c1-2-27-13-17(12-24-27)22-21(16-8-4-3-5-9-16)23-15-26(22)14-20-25-18-10-6-7-11-19(18)28-20/h3-13,15H,2,14H2,1H3. The Hall–Kier alpha value is -3.25. The smallest absolute Gasteiger partial charge is 0.114 e. The zero-order valence-electron chi connectivity index (χ0n) is 15.5. The van der Waals surface area contributed by atoms with E-state index in [-0.39, 0.29) is 0 Å². The highest BCUT2D eigenvalue weighted by Gasteiger charge is 2.17. The molecule has 0 saturated carbocycles. The van der Waals surface area contributed by atoms with E-state index in [0.717, 1.165) is 39.6 Å². The molecule has 3 aromatic heterocycles. The molecule has 0 atom stereocenters. The topological polar surface area (TPSA) is 48.5 Å². The summed E-state index contributed by atoms with van der Waals surface area (Å²) >= 11 is 1.73. The molecule has 3 heterocycles. The van der Waals surface area contributed by atoms with Crippen molar-refractivity contribution in [1.82, 2.24) is 24.3 Å². The number of hydrogen-bond donors (Lipinski definition) is 0. The summed E-state index contributed by atoms with van der Waals surface area (Å²) in [6, 6.07) is 18.6. The zero-order valence-corrected chi connectivity index (χ0v) is 16.3. The van der Waals surface area contributed by atoms with Crippen molar-refractivity contribution in [2.24, 2.45) is 0 Å². The van der Waals surface area contributed by atoms with Crippen LogP contribution in [0.2, 0.25) is 0 Å². The van der Waals surface area contributed by atoms with Crippen molar-refractivity contribution < 1.29 is 0 Å². The highest BCUT2D eigenvalue weighted by atomic mass is 32.1. The van der Waals surface area contributed by atoms with Crippen molar-refractivity contribution in [2.75, 3.05) is 0 Å². The van der Waals surface area contributed by atoms with Crippen molar-refractivity contribution >= 4 is 21.6 Å². The summed E-state index contributed by atoms with van der Waals surface area (Å²) in [4.78, 5) is 9.55. The van der Waals surface area contributed by atoms with Crippen LogP contribution in [-0.2, 0) is 13.1 Å². The van der Waals surface area contributed by atoms with Gasteiger partial charge in [0.15, 0.2) is 0 Å². The molecule has 5 nitrogen and oxygen atoms in total. The van der Waals surface area contributed by atoms with E-state index in [9.17, 15) is 0 Å². The maximum Gasteiger partial charge on any atom is 0.114 e. The van der Waals surface area contributed by atoms with Gasteiger partial charge >= 0.3 is 0 Å². The summed E-state index contributed by atoms with van der Waals surface area (Å²) in [5.74, 6) is 0. The maximum atomic E-state index is 4.80. The van der Waals surface area contributed by atoms with Gasteiger partial charge in [-0.05, 0) is 19.1 Å². The van der Waals surface area contributed by atoms with Crippen molar-refractivity contribution in [2.45, 2.75) is 20.0 Å². The van der Waals surface area contributed by atoms with E-state index in [0.29, 0.717) is 6.54 Å². The van der Waals surface area contributed by atoms with Crippen LogP contribution >= 0.6 is 11.3 Å². The van der Waals surface area contributed by atoms with Gasteiger partial charge in [-0.25, -0.2) is 9.97 Å². The van der Waals surface area contributed by atoms with E-state index >= 15 is 0 Å². The normalized spacial score (nSPS) is 11.3. The highest BCUT2D eigenvalue weighted by Crippen LogP contribution is 2.32. The van der Waals surface area contributed by atoms with Crippen molar-refractivity contribution in [3.8, 4) is 22.5 Å². The first-order chi connectivity index (χ1) is 13.8. The first-order valence-electron chi connectivity index (χ1n) is 9.29. The van der Waals surface area contributed by atoms with Gasteiger partial charge in [-0.1, -0.05) is 42.5 Å². The molecular weight excluding hydrogens is 366 g/mol. The minimum absolute atomic E-state index is 0.686. The number of benzene rings is 2. The Morgan fingerprint density at radius 3 is 2.57 bits per heavy atom. The molecule has 5 aromatic rings. The molecular formula is C22H19N5S. The van der Waals surface area contributed by atoms with Crippen molar-refractivity contribution in [1.29, 1.82) is 0 Å². The number of thiazole rings is 1. The number of aromatic nitrogens is 5.